The van der Waals surface area contributed by atoms with Crippen LogP contribution in [0.1, 0.15) is 22.8 Å². The van der Waals surface area contributed by atoms with Crippen LogP contribution in [-0.2, 0) is 16.6 Å². The Balaban J connectivity index is 1.45. The summed E-state index contributed by atoms with van der Waals surface area (Å²) in [6.45, 7) is 4.69. The number of carbonyl (C=O) groups excluding carboxylic acids is 1. The third kappa shape index (κ3) is 4.15. The van der Waals surface area contributed by atoms with Gasteiger partial charge < -0.3 is 9.88 Å². The fourth-order valence-electron chi connectivity index (χ4n) is 4.47. The lowest BCUT2D eigenvalue weighted by Gasteiger charge is -2.14. The molecular weight excluding hydrogens is 458 g/mol. The highest BCUT2D eigenvalue weighted by atomic mass is 32.2. The molecule has 4 aromatic carbocycles. The Morgan fingerprint density at radius 2 is 1.54 bits per heavy atom. The Labute approximate surface area is 204 Å². The molecule has 0 saturated carbocycles. The highest BCUT2D eigenvalue weighted by Gasteiger charge is 2.18. The summed E-state index contributed by atoms with van der Waals surface area (Å²) in [4.78, 5) is 13.4. The van der Waals surface area contributed by atoms with Crippen molar-refractivity contribution >= 4 is 49.1 Å². The quantitative estimate of drug-likeness (QED) is 0.303. The second-order valence-electron chi connectivity index (χ2n) is 8.34. The van der Waals surface area contributed by atoms with Gasteiger partial charge in [0.05, 0.1) is 10.6 Å². The van der Waals surface area contributed by atoms with Crippen LogP contribution in [0.2, 0.25) is 0 Å². The number of anilines is 2. The number of aryl methyl sites for hydroxylation is 1. The minimum absolute atomic E-state index is 0.161. The van der Waals surface area contributed by atoms with E-state index in [1.807, 2.05) is 30.3 Å². The number of carbonyl (C=O) groups is 1. The van der Waals surface area contributed by atoms with Crippen LogP contribution < -0.4 is 10.0 Å². The van der Waals surface area contributed by atoms with Crippen LogP contribution in [0.4, 0.5) is 11.4 Å². The number of nitrogens with zero attached hydrogens (tertiary/aromatic N) is 1. The van der Waals surface area contributed by atoms with Gasteiger partial charge in [0.1, 0.15) is 0 Å². The van der Waals surface area contributed by atoms with E-state index in [-0.39, 0.29) is 10.8 Å². The van der Waals surface area contributed by atoms with Gasteiger partial charge in [0.25, 0.3) is 15.9 Å². The van der Waals surface area contributed by atoms with Gasteiger partial charge in [-0.25, -0.2) is 8.42 Å². The number of para-hydroxylation sites is 1. The van der Waals surface area contributed by atoms with Crippen LogP contribution >= 0.6 is 0 Å². The molecule has 1 amide bonds. The molecule has 7 heteroatoms. The molecule has 1 aromatic heterocycles. The van der Waals surface area contributed by atoms with Gasteiger partial charge in [-0.2, -0.15) is 0 Å². The summed E-state index contributed by atoms with van der Waals surface area (Å²) in [5.41, 5.74) is 4.25. The number of benzene rings is 4. The van der Waals surface area contributed by atoms with Gasteiger partial charge in [-0.3, -0.25) is 9.52 Å². The topological polar surface area (TPSA) is 80.2 Å². The molecule has 0 fully saturated rings. The van der Waals surface area contributed by atoms with E-state index in [2.05, 4.69) is 33.7 Å². The maximum absolute atomic E-state index is 13.2. The highest BCUT2D eigenvalue weighted by molar-refractivity contribution is 7.92. The predicted molar refractivity (Wildman–Crippen MR) is 142 cm³/mol. The van der Waals surface area contributed by atoms with Crippen molar-refractivity contribution in [2.75, 3.05) is 10.0 Å². The van der Waals surface area contributed by atoms with Crippen molar-refractivity contribution < 1.29 is 13.2 Å². The molecule has 0 aliphatic rings. The summed E-state index contributed by atoms with van der Waals surface area (Å²) in [7, 11) is -3.77. The molecule has 0 aliphatic carbocycles. The van der Waals surface area contributed by atoms with Crippen molar-refractivity contribution in [1.82, 2.24) is 4.57 Å². The molecule has 5 rings (SSSR count). The molecule has 0 unspecified atom stereocenters. The summed E-state index contributed by atoms with van der Waals surface area (Å²) in [6, 6.07) is 27.3. The molecule has 35 heavy (non-hydrogen) atoms. The number of rotatable bonds is 6. The molecule has 0 bridgehead atoms. The lowest BCUT2D eigenvalue weighted by atomic mass is 10.1. The molecule has 2 N–H and O–H groups in total. The van der Waals surface area contributed by atoms with Gasteiger partial charge in [0.2, 0.25) is 0 Å². The molecule has 176 valence electrons. The average Bonchev–Trinajstić information content (AvgIpc) is 3.18. The maximum Gasteiger partial charge on any atom is 0.261 e. The third-order valence-corrected chi connectivity index (χ3v) is 7.60. The molecule has 0 saturated heterocycles. The van der Waals surface area contributed by atoms with E-state index in [1.54, 1.807) is 43.3 Å². The van der Waals surface area contributed by atoms with E-state index in [9.17, 15) is 13.2 Å². The van der Waals surface area contributed by atoms with E-state index in [0.29, 0.717) is 22.5 Å². The average molecular weight is 484 g/mol. The molecule has 0 radical (unpaired) electrons. The number of aromatic nitrogens is 1. The summed E-state index contributed by atoms with van der Waals surface area (Å²) < 4.78 is 30.4. The van der Waals surface area contributed by atoms with Crippen LogP contribution in [0.3, 0.4) is 0 Å². The zero-order valence-corrected chi connectivity index (χ0v) is 20.3. The smallest absolute Gasteiger partial charge is 0.261 e. The fourth-order valence-corrected chi connectivity index (χ4v) is 5.61. The third-order valence-electron chi connectivity index (χ3n) is 6.22. The molecule has 0 spiro atoms. The summed E-state index contributed by atoms with van der Waals surface area (Å²) in [5.74, 6) is -0.304. The first kappa shape index (κ1) is 22.7. The lowest BCUT2D eigenvalue weighted by molar-refractivity contribution is 0.102. The first-order chi connectivity index (χ1) is 16.9. The minimum Gasteiger partial charge on any atom is -0.341 e. The summed E-state index contributed by atoms with van der Waals surface area (Å²) in [6.07, 6.45) is 0. The zero-order valence-electron chi connectivity index (χ0n) is 19.4. The number of amides is 1. The Morgan fingerprint density at radius 3 is 2.31 bits per heavy atom. The Morgan fingerprint density at radius 1 is 0.829 bits per heavy atom. The van der Waals surface area contributed by atoms with Crippen molar-refractivity contribution in [3.05, 3.63) is 102 Å². The van der Waals surface area contributed by atoms with Crippen LogP contribution in [-0.4, -0.2) is 18.9 Å². The normalized spacial score (nSPS) is 11.6. The SMILES string of the molecule is CCn1c2ccccc2c2cc(NC(=O)c3cccc(NS(=O)(=O)c4ccccc4)c3C)ccc21. The largest absolute Gasteiger partial charge is 0.341 e. The summed E-state index contributed by atoms with van der Waals surface area (Å²) >= 11 is 0. The van der Waals surface area contributed by atoms with E-state index in [1.165, 1.54) is 12.1 Å². The van der Waals surface area contributed by atoms with Gasteiger partial charge in [0.15, 0.2) is 0 Å². The molecule has 0 aliphatic heterocycles. The maximum atomic E-state index is 13.2. The van der Waals surface area contributed by atoms with E-state index in [0.717, 1.165) is 28.4 Å². The highest BCUT2D eigenvalue weighted by Crippen LogP contribution is 2.31. The van der Waals surface area contributed by atoms with Crippen molar-refractivity contribution in [3.8, 4) is 0 Å². The van der Waals surface area contributed by atoms with E-state index in [4.69, 9.17) is 0 Å². The number of sulfonamides is 1. The monoisotopic (exact) mass is 483 g/mol. The van der Waals surface area contributed by atoms with Crippen molar-refractivity contribution in [1.29, 1.82) is 0 Å². The number of hydrogen-bond donors (Lipinski definition) is 2. The van der Waals surface area contributed by atoms with Crippen molar-refractivity contribution in [3.63, 3.8) is 0 Å². The van der Waals surface area contributed by atoms with Crippen LogP contribution in [0.5, 0.6) is 0 Å². The fraction of sp³-hybridized carbons (Fsp3) is 0.107. The predicted octanol–water partition coefficient (Wildman–Crippen LogP) is 6.18. The second-order valence-corrected chi connectivity index (χ2v) is 10.0. The lowest BCUT2D eigenvalue weighted by Crippen LogP contribution is -2.17. The van der Waals surface area contributed by atoms with Gasteiger partial charge in [0, 0.05) is 39.6 Å². The van der Waals surface area contributed by atoms with Crippen LogP contribution in [0, 0.1) is 6.92 Å². The van der Waals surface area contributed by atoms with Gasteiger partial charge in [-0.05, 0) is 67.9 Å². The van der Waals surface area contributed by atoms with E-state index >= 15 is 0 Å². The van der Waals surface area contributed by atoms with Crippen molar-refractivity contribution in [2.24, 2.45) is 0 Å². The second kappa shape index (κ2) is 8.92. The first-order valence-electron chi connectivity index (χ1n) is 11.4. The Hall–Kier alpha value is -4.10. The first-order valence-corrected chi connectivity index (χ1v) is 12.9. The molecule has 5 aromatic rings. The minimum atomic E-state index is -3.77. The van der Waals surface area contributed by atoms with Crippen molar-refractivity contribution in [2.45, 2.75) is 25.3 Å². The standard InChI is InChI=1S/C28H25N3O3S/c1-3-31-26-15-8-7-12-23(26)24-18-20(16-17-27(24)31)29-28(32)22-13-9-14-25(19(22)2)30-35(33,34)21-10-5-4-6-11-21/h4-18,30H,3H2,1-2H3,(H,29,32). The number of hydrogen-bond acceptors (Lipinski definition) is 3. The Bertz CT molecular complexity index is 1670. The molecular formula is C28H25N3O3S. The van der Waals surface area contributed by atoms with Gasteiger partial charge in [-0.1, -0.05) is 42.5 Å². The van der Waals surface area contributed by atoms with Crippen LogP contribution in [0.25, 0.3) is 21.8 Å². The number of nitrogens with one attached hydrogen (secondary N) is 2. The van der Waals surface area contributed by atoms with E-state index < -0.39 is 10.0 Å². The molecule has 1 heterocycles. The van der Waals surface area contributed by atoms with Crippen LogP contribution in [0.15, 0.2) is 95.9 Å². The number of fused-ring (bicyclic) bond motifs is 3. The van der Waals surface area contributed by atoms with Gasteiger partial charge >= 0.3 is 0 Å². The van der Waals surface area contributed by atoms with Gasteiger partial charge in [-0.15, -0.1) is 0 Å². The molecule has 6 nitrogen and oxygen atoms in total. The molecule has 0 atom stereocenters. The Kier molecular flexibility index (Phi) is 5.78. The zero-order chi connectivity index (χ0) is 24.6. The summed E-state index contributed by atoms with van der Waals surface area (Å²) in [5, 5.41) is 5.18.